The molecule has 0 fully saturated rings. The van der Waals surface area contributed by atoms with E-state index in [4.69, 9.17) is 5.73 Å². The summed E-state index contributed by atoms with van der Waals surface area (Å²) >= 11 is 0. The summed E-state index contributed by atoms with van der Waals surface area (Å²) in [5, 5.41) is 12.0. The molecular formula is C8H12N6. The number of nitrogens with two attached hydrogens (primary N) is 1. The van der Waals surface area contributed by atoms with Gasteiger partial charge in [0.05, 0.1) is 11.4 Å². The quantitative estimate of drug-likeness (QED) is 0.724. The van der Waals surface area contributed by atoms with Gasteiger partial charge in [-0.25, -0.2) is 0 Å². The third-order valence-electron chi connectivity index (χ3n) is 2.09. The minimum absolute atomic E-state index is 0.592. The van der Waals surface area contributed by atoms with Crippen LogP contribution in [0, 0.1) is 6.92 Å². The number of aromatic nitrogens is 5. The Morgan fingerprint density at radius 3 is 2.79 bits per heavy atom. The van der Waals surface area contributed by atoms with Crippen molar-refractivity contribution in [1.29, 1.82) is 0 Å². The van der Waals surface area contributed by atoms with Crippen molar-refractivity contribution < 1.29 is 0 Å². The average Bonchev–Trinajstić information content (AvgIpc) is 2.63. The molecular weight excluding hydrogens is 180 g/mol. The summed E-state index contributed by atoms with van der Waals surface area (Å²) in [6, 6.07) is 0. The van der Waals surface area contributed by atoms with Crippen molar-refractivity contribution in [3.05, 3.63) is 24.0 Å². The van der Waals surface area contributed by atoms with E-state index in [0.717, 1.165) is 11.5 Å². The fourth-order valence-corrected chi connectivity index (χ4v) is 1.21. The van der Waals surface area contributed by atoms with Crippen LogP contribution in [0.25, 0.3) is 0 Å². The highest BCUT2D eigenvalue weighted by Crippen LogP contribution is 2.07. The van der Waals surface area contributed by atoms with Crippen LogP contribution >= 0.6 is 0 Å². The lowest BCUT2D eigenvalue weighted by molar-refractivity contribution is 0.625. The molecule has 0 saturated heterocycles. The summed E-state index contributed by atoms with van der Waals surface area (Å²) in [5.41, 5.74) is 7.22. The number of aryl methyl sites for hydroxylation is 2. The van der Waals surface area contributed by atoms with Gasteiger partial charge in [0.15, 0.2) is 5.82 Å². The number of nitrogens with zero attached hydrogens (tertiary/aromatic N) is 5. The smallest absolute Gasteiger partial charge is 0.154 e. The normalized spacial score (nSPS) is 10.7. The highest BCUT2D eigenvalue weighted by Gasteiger charge is 2.04. The molecule has 74 valence electrons. The molecule has 6 nitrogen and oxygen atoms in total. The van der Waals surface area contributed by atoms with Crippen molar-refractivity contribution in [3.8, 4) is 0 Å². The first-order valence-electron chi connectivity index (χ1n) is 4.29. The molecule has 0 bridgehead atoms. The zero-order chi connectivity index (χ0) is 10.1. The topological polar surface area (TPSA) is 74.5 Å². The molecule has 6 heteroatoms. The van der Waals surface area contributed by atoms with Gasteiger partial charge in [0.1, 0.15) is 12.9 Å². The van der Waals surface area contributed by atoms with Crippen molar-refractivity contribution in [2.45, 2.75) is 13.5 Å². The molecule has 0 spiro atoms. The lowest BCUT2D eigenvalue weighted by Gasteiger charge is -1.99. The van der Waals surface area contributed by atoms with E-state index in [9.17, 15) is 0 Å². The summed E-state index contributed by atoms with van der Waals surface area (Å²) < 4.78 is 3.61. The Morgan fingerprint density at radius 2 is 2.29 bits per heavy atom. The lowest BCUT2D eigenvalue weighted by atomic mass is 10.4. The van der Waals surface area contributed by atoms with E-state index in [2.05, 4.69) is 15.3 Å². The van der Waals surface area contributed by atoms with Crippen LogP contribution < -0.4 is 5.73 Å². The Morgan fingerprint density at radius 1 is 1.50 bits per heavy atom. The van der Waals surface area contributed by atoms with Gasteiger partial charge >= 0.3 is 0 Å². The highest BCUT2D eigenvalue weighted by atomic mass is 15.3. The molecule has 0 radical (unpaired) electrons. The van der Waals surface area contributed by atoms with Crippen molar-refractivity contribution in [2.24, 2.45) is 7.05 Å². The molecule has 14 heavy (non-hydrogen) atoms. The van der Waals surface area contributed by atoms with Gasteiger partial charge in [-0.2, -0.15) is 5.10 Å². The molecule has 0 aliphatic heterocycles. The molecule has 0 amide bonds. The van der Waals surface area contributed by atoms with E-state index in [-0.39, 0.29) is 0 Å². The molecule has 0 aliphatic rings. The van der Waals surface area contributed by atoms with Crippen molar-refractivity contribution in [1.82, 2.24) is 24.5 Å². The van der Waals surface area contributed by atoms with Crippen molar-refractivity contribution in [3.63, 3.8) is 0 Å². The van der Waals surface area contributed by atoms with E-state index in [1.54, 1.807) is 17.2 Å². The van der Waals surface area contributed by atoms with Gasteiger partial charge in [0.25, 0.3) is 0 Å². The standard InChI is InChI=1S/C8H12N6/c1-6-7(9)3-14(12-6)4-8-11-10-5-13(8)2/h3,5H,4,9H2,1-2H3. The van der Waals surface area contributed by atoms with Crippen molar-refractivity contribution >= 4 is 5.69 Å². The zero-order valence-corrected chi connectivity index (χ0v) is 8.18. The maximum Gasteiger partial charge on any atom is 0.154 e. The maximum absolute atomic E-state index is 5.68. The molecule has 2 aromatic heterocycles. The van der Waals surface area contributed by atoms with E-state index < -0.39 is 0 Å². The summed E-state index contributed by atoms with van der Waals surface area (Å²) in [6.07, 6.45) is 3.46. The monoisotopic (exact) mass is 192 g/mol. The third-order valence-corrected chi connectivity index (χ3v) is 2.09. The molecule has 2 N–H and O–H groups in total. The number of hydrogen-bond acceptors (Lipinski definition) is 4. The van der Waals surface area contributed by atoms with Crippen LogP contribution in [0.15, 0.2) is 12.5 Å². The second-order valence-corrected chi connectivity index (χ2v) is 3.23. The second kappa shape index (κ2) is 3.13. The Labute approximate surface area is 81.4 Å². The molecule has 2 rings (SSSR count). The van der Waals surface area contributed by atoms with E-state index in [1.807, 2.05) is 18.5 Å². The minimum atomic E-state index is 0.592. The second-order valence-electron chi connectivity index (χ2n) is 3.23. The lowest BCUT2D eigenvalue weighted by Crippen LogP contribution is -2.06. The highest BCUT2D eigenvalue weighted by molar-refractivity contribution is 5.39. The molecule has 0 aliphatic carbocycles. The van der Waals surface area contributed by atoms with Gasteiger partial charge in [0.2, 0.25) is 0 Å². The van der Waals surface area contributed by atoms with Crippen LogP contribution in [-0.2, 0) is 13.6 Å². The van der Waals surface area contributed by atoms with Crippen LogP contribution in [-0.4, -0.2) is 24.5 Å². The third kappa shape index (κ3) is 1.46. The van der Waals surface area contributed by atoms with Crippen LogP contribution in [0.3, 0.4) is 0 Å². The van der Waals surface area contributed by atoms with Gasteiger partial charge in [-0.05, 0) is 6.92 Å². The number of anilines is 1. The maximum atomic E-state index is 5.68. The summed E-state index contributed by atoms with van der Waals surface area (Å²) in [7, 11) is 1.90. The number of hydrogen-bond donors (Lipinski definition) is 1. The van der Waals surface area contributed by atoms with E-state index >= 15 is 0 Å². The number of rotatable bonds is 2. The van der Waals surface area contributed by atoms with Gasteiger partial charge in [-0.3, -0.25) is 4.68 Å². The predicted octanol–water partition coefficient (Wildman–Crippen LogP) is -0.0495. The Balaban J connectivity index is 2.23. The molecule has 0 aromatic carbocycles. The first-order chi connectivity index (χ1) is 6.66. The van der Waals surface area contributed by atoms with E-state index in [0.29, 0.717) is 12.2 Å². The van der Waals surface area contributed by atoms with Gasteiger partial charge in [-0.1, -0.05) is 0 Å². The van der Waals surface area contributed by atoms with Crippen LogP contribution in [0.2, 0.25) is 0 Å². The first kappa shape index (κ1) is 8.74. The molecule has 2 aromatic rings. The molecule has 0 atom stereocenters. The van der Waals surface area contributed by atoms with Crippen molar-refractivity contribution in [2.75, 3.05) is 5.73 Å². The van der Waals surface area contributed by atoms with Gasteiger partial charge in [-0.15, -0.1) is 10.2 Å². The van der Waals surface area contributed by atoms with Crippen LogP contribution in [0.4, 0.5) is 5.69 Å². The molecule has 0 saturated carbocycles. The molecule has 2 heterocycles. The predicted molar refractivity (Wildman–Crippen MR) is 51.5 cm³/mol. The first-order valence-corrected chi connectivity index (χ1v) is 4.29. The van der Waals surface area contributed by atoms with E-state index in [1.165, 1.54) is 0 Å². The minimum Gasteiger partial charge on any atom is -0.396 e. The largest absolute Gasteiger partial charge is 0.396 e. The SMILES string of the molecule is Cc1nn(Cc2nncn2C)cc1N. The summed E-state index contributed by atoms with van der Waals surface area (Å²) in [6.45, 7) is 2.47. The fourth-order valence-electron chi connectivity index (χ4n) is 1.21. The Kier molecular flexibility index (Phi) is 1.95. The Bertz CT molecular complexity index is 421. The van der Waals surface area contributed by atoms with Crippen LogP contribution in [0.1, 0.15) is 11.5 Å². The van der Waals surface area contributed by atoms with Gasteiger partial charge < -0.3 is 10.3 Å². The Hall–Kier alpha value is -1.85. The molecule has 0 unspecified atom stereocenters. The average molecular weight is 192 g/mol. The summed E-state index contributed by atoms with van der Waals surface area (Å²) in [5.74, 6) is 0.854. The van der Waals surface area contributed by atoms with Crippen LogP contribution in [0.5, 0.6) is 0 Å². The summed E-state index contributed by atoms with van der Waals surface area (Å²) in [4.78, 5) is 0. The van der Waals surface area contributed by atoms with Gasteiger partial charge in [0, 0.05) is 13.2 Å². The fraction of sp³-hybridized carbons (Fsp3) is 0.375. The number of nitrogen functional groups attached to an aromatic ring is 1. The zero-order valence-electron chi connectivity index (χ0n) is 8.18.